The number of halogens is 4. The van der Waals surface area contributed by atoms with E-state index in [4.69, 9.17) is 6.42 Å². The van der Waals surface area contributed by atoms with Crippen molar-refractivity contribution < 1.29 is 13.2 Å². The van der Waals surface area contributed by atoms with Gasteiger partial charge in [0.1, 0.15) is 0 Å². The maximum atomic E-state index is 12.3. The van der Waals surface area contributed by atoms with Gasteiger partial charge in [0.2, 0.25) is 0 Å². The van der Waals surface area contributed by atoms with Gasteiger partial charge in [-0.25, -0.2) is 0 Å². The van der Waals surface area contributed by atoms with Gasteiger partial charge in [-0.15, -0.1) is 6.42 Å². The first-order valence-electron chi connectivity index (χ1n) is 3.28. The second kappa shape index (κ2) is 3.43. The molecule has 13 heavy (non-hydrogen) atoms. The second-order valence-corrected chi connectivity index (χ2v) is 3.25. The number of hydrogen-bond acceptors (Lipinski definition) is 0. The molecule has 4 heteroatoms. The fourth-order valence-electron chi connectivity index (χ4n) is 0.883. The molecule has 0 aliphatic heterocycles. The quantitative estimate of drug-likeness (QED) is 0.618. The summed E-state index contributed by atoms with van der Waals surface area (Å²) in [4.78, 5) is 0. The Morgan fingerprint density at radius 2 is 1.92 bits per heavy atom. The Kier molecular flexibility index (Phi) is 2.67. The van der Waals surface area contributed by atoms with E-state index in [1.807, 2.05) is 5.92 Å². The smallest absolute Gasteiger partial charge is 0.166 e. The van der Waals surface area contributed by atoms with Gasteiger partial charge in [0.15, 0.2) is 0 Å². The van der Waals surface area contributed by atoms with Crippen LogP contribution in [0.5, 0.6) is 0 Å². The monoisotopic (exact) mass is 248 g/mol. The van der Waals surface area contributed by atoms with Crippen LogP contribution in [0.2, 0.25) is 0 Å². The van der Waals surface area contributed by atoms with Crippen molar-refractivity contribution >= 4 is 15.9 Å². The molecule has 0 N–H and O–H groups in total. The molecular weight excluding hydrogens is 245 g/mol. The van der Waals surface area contributed by atoms with Crippen LogP contribution < -0.4 is 0 Å². The third-order valence-electron chi connectivity index (χ3n) is 1.44. The van der Waals surface area contributed by atoms with Gasteiger partial charge in [0, 0.05) is 10.0 Å². The molecule has 0 nitrogen and oxygen atoms in total. The lowest BCUT2D eigenvalue weighted by atomic mass is 10.1. The molecule has 0 unspecified atom stereocenters. The van der Waals surface area contributed by atoms with E-state index in [-0.39, 0.29) is 5.56 Å². The molecule has 0 aliphatic carbocycles. The van der Waals surface area contributed by atoms with E-state index in [9.17, 15) is 13.2 Å². The van der Waals surface area contributed by atoms with E-state index in [2.05, 4.69) is 15.9 Å². The van der Waals surface area contributed by atoms with Gasteiger partial charge < -0.3 is 0 Å². The summed E-state index contributed by atoms with van der Waals surface area (Å²) in [6, 6.07) is 3.53. The summed E-state index contributed by atoms with van der Waals surface area (Å²) in [6.45, 7) is 0. The Morgan fingerprint density at radius 3 is 2.38 bits per heavy atom. The lowest BCUT2D eigenvalue weighted by Gasteiger charge is -2.08. The molecule has 0 bridgehead atoms. The summed E-state index contributed by atoms with van der Waals surface area (Å²) >= 11 is 3.04. The summed E-state index contributed by atoms with van der Waals surface area (Å²) < 4.78 is 37.3. The van der Waals surface area contributed by atoms with Gasteiger partial charge in [-0.05, 0) is 18.2 Å². The van der Waals surface area contributed by atoms with Crippen LogP contribution in [0.25, 0.3) is 0 Å². The Balaban J connectivity index is 3.32. The minimum absolute atomic E-state index is 0.151. The van der Waals surface area contributed by atoms with Crippen LogP contribution >= 0.6 is 15.9 Å². The highest BCUT2D eigenvalue weighted by atomic mass is 79.9. The van der Waals surface area contributed by atoms with Crippen molar-refractivity contribution in [3.05, 3.63) is 33.8 Å². The van der Waals surface area contributed by atoms with Crippen LogP contribution in [0.15, 0.2) is 22.7 Å². The highest BCUT2D eigenvalue weighted by Gasteiger charge is 2.32. The Hall–Kier alpha value is -0.950. The van der Waals surface area contributed by atoms with Crippen molar-refractivity contribution in [1.29, 1.82) is 0 Å². The molecular formula is C9H4BrF3. The van der Waals surface area contributed by atoms with Crippen LogP contribution in [0.1, 0.15) is 11.1 Å². The molecule has 0 spiro atoms. The van der Waals surface area contributed by atoms with E-state index < -0.39 is 11.7 Å². The fraction of sp³-hybridized carbons (Fsp3) is 0.111. The van der Waals surface area contributed by atoms with E-state index in [1.54, 1.807) is 0 Å². The average Bonchev–Trinajstić information content (AvgIpc) is 2.01. The van der Waals surface area contributed by atoms with Gasteiger partial charge in [-0.3, -0.25) is 0 Å². The maximum absolute atomic E-state index is 12.3. The summed E-state index contributed by atoms with van der Waals surface area (Å²) in [6.07, 6.45) is 0.559. The van der Waals surface area contributed by atoms with Gasteiger partial charge in [-0.1, -0.05) is 21.9 Å². The van der Waals surface area contributed by atoms with Crippen LogP contribution in [-0.2, 0) is 6.18 Å². The number of alkyl halides is 3. The lowest BCUT2D eigenvalue weighted by molar-refractivity contribution is -0.137. The fourth-order valence-corrected chi connectivity index (χ4v) is 1.24. The molecule has 0 atom stereocenters. The molecule has 1 aromatic carbocycles. The van der Waals surface area contributed by atoms with Crippen molar-refractivity contribution in [2.45, 2.75) is 6.18 Å². The molecule has 0 aliphatic rings. The van der Waals surface area contributed by atoms with Gasteiger partial charge >= 0.3 is 6.18 Å². The van der Waals surface area contributed by atoms with Crippen LogP contribution in [0.3, 0.4) is 0 Å². The Morgan fingerprint density at radius 1 is 1.31 bits per heavy atom. The predicted octanol–water partition coefficient (Wildman–Crippen LogP) is 3.45. The molecule has 0 saturated carbocycles. The summed E-state index contributed by atoms with van der Waals surface area (Å²) in [7, 11) is 0. The van der Waals surface area contributed by atoms with E-state index >= 15 is 0 Å². The molecule has 0 saturated heterocycles. The predicted molar refractivity (Wildman–Crippen MR) is 47.1 cm³/mol. The van der Waals surface area contributed by atoms with E-state index in [1.165, 1.54) is 12.1 Å². The molecule has 0 heterocycles. The minimum Gasteiger partial charge on any atom is -0.166 e. The zero-order valence-electron chi connectivity index (χ0n) is 6.32. The van der Waals surface area contributed by atoms with Crippen LogP contribution in [-0.4, -0.2) is 0 Å². The Bertz CT molecular complexity index is 360. The normalized spacial score (nSPS) is 11.0. The van der Waals surface area contributed by atoms with E-state index in [0.29, 0.717) is 4.47 Å². The molecule has 0 aromatic heterocycles. The molecule has 1 rings (SSSR count). The largest absolute Gasteiger partial charge is 0.417 e. The van der Waals surface area contributed by atoms with Gasteiger partial charge in [-0.2, -0.15) is 13.2 Å². The molecule has 0 amide bonds. The van der Waals surface area contributed by atoms with Crippen molar-refractivity contribution in [2.24, 2.45) is 0 Å². The Labute approximate surface area is 81.9 Å². The number of hydrogen-bond donors (Lipinski definition) is 0. The maximum Gasteiger partial charge on any atom is 0.417 e. The summed E-state index contributed by atoms with van der Waals surface area (Å²) in [5.74, 6) is 1.99. The first-order chi connectivity index (χ1) is 5.95. The van der Waals surface area contributed by atoms with Crippen LogP contribution in [0.4, 0.5) is 13.2 Å². The number of rotatable bonds is 0. The zero-order valence-corrected chi connectivity index (χ0v) is 7.91. The third-order valence-corrected chi connectivity index (χ3v) is 1.94. The summed E-state index contributed by atoms with van der Waals surface area (Å²) in [5.41, 5.74) is -0.930. The number of benzene rings is 1. The second-order valence-electron chi connectivity index (χ2n) is 2.33. The minimum atomic E-state index is -4.39. The number of terminal acetylenes is 1. The summed E-state index contributed by atoms with van der Waals surface area (Å²) in [5, 5.41) is 0. The SMILES string of the molecule is C#Cc1cc(Br)ccc1C(F)(F)F. The van der Waals surface area contributed by atoms with Crippen molar-refractivity contribution in [2.75, 3.05) is 0 Å². The molecule has 0 fully saturated rings. The lowest BCUT2D eigenvalue weighted by Crippen LogP contribution is -2.07. The van der Waals surface area contributed by atoms with E-state index in [0.717, 1.165) is 6.07 Å². The average molecular weight is 249 g/mol. The molecule has 1 aromatic rings. The van der Waals surface area contributed by atoms with Crippen molar-refractivity contribution in [3.8, 4) is 12.3 Å². The highest BCUT2D eigenvalue weighted by molar-refractivity contribution is 9.10. The van der Waals surface area contributed by atoms with Gasteiger partial charge in [0.05, 0.1) is 5.56 Å². The standard InChI is InChI=1S/C9H4BrF3/c1-2-6-5-7(10)3-4-8(6)9(11,12)13/h1,3-5H. The zero-order chi connectivity index (χ0) is 10.1. The topological polar surface area (TPSA) is 0 Å². The van der Waals surface area contributed by atoms with Gasteiger partial charge in [0.25, 0.3) is 0 Å². The molecule has 0 radical (unpaired) electrons. The first-order valence-corrected chi connectivity index (χ1v) is 4.08. The third kappa shape index (κ3) is 2.25. The first kappa shape index (κ1) is 10.1. The van der Waals surface area contributed by atoms with Crippen LogP contribution in [0, 0.1) is 12.3 Å². The molecule has 68 valence electrons. The highest BCUT2D eigenvalue weighted by Crippen LogP contribution is 2.32. The van der Waals surface area contributed by atoms with Crippen molar-refractivity contribution in [1.82, 2.24) is 0 Å². The van der Waals surface area contributed by atoms with Crippen molar-refractivity contribution in [3.63, 3.8) is 0 Å².